The van der Waals surface area contributed by atoms with E-state index in [-0.39, 0.29) is 16.6 Å². The number of esters is 1. The first-order valence-corrected chi connectivity index (χ1v) is 11.9. The van der Waals surface area contributed by atoms with Gasteiger partial charge in [0.15, 0.2) is 0 Å². The molecule has 1 N–H and O–H groups in total. The first kappa shape index (κ1) is 23.7. The Hall–Kier alpha value is -2.97. The maximum Gasteiger partial charge on any atom is 0.336 e. The van der Waals surface area contributed by atoms with Crippen LogP contribution in [0.1, 0.15) is 37.0 Å². The first-order chi connectivity index (χ1) is 15.0. The highest BCUT2D eigenvalue weighted by molar-refractivity contribution is 7.89. The summed E-state index contributed by atoms with van der Waals surface area (Å²) in [6.07, 6.45) is 0.557. The minimum Gasteiger partial charge on any atom is -0.425 e. The third kappa shape index (κ3) is 4.92. The van der Waals surface area contributed by atoms with Gasteiger partial charge in [0.25, 0.3) is 0 Å². The van der Waals surface area contributed by atoms with Gasteiger partial charge in [0, 0.05) is 17.0 Å². The van der Waals surface area contributed by atoms with Crippen LogP contribution in [-0.4, -0.2) is 20.4 Å². The van der Waals surface area contributed by atoms with Crippen molar-refractivity contribution in [2.24, 2.45) is 5.92 Å². The Balaban J connectivity index is 1.92. The van der Waals surface area contributed by atoms with Crippen LogP contribution >= 0.6 is 0 Å². The topological polar surface area (TPSA) is 103 Å². The van der Waals surface area contributed by atoms with E-state index >= 15 is 0 Å². The van der Waals surface area contributed by atoms with Crippen LogP contribution in [0.5, 0.6) is 5.75 Å². The predicted octanol–water partition coefficient (Wildman–Crippen LogP) is 4.02. The summed E-state index contributed by atoms with van der Waals surface area (Å²) < 4.78 is 39.2. The second-order valence-electron chi connectivity index (χ2n) is 8.03. The molecule has 3 rings (SSSR count). The maximum absolute atomic E-state index is 13.1. The second kappa shape index (κ2) is 9.26. The number of aryl methyl sites for hydroxylation is 3. The Morgan fingerprint density at radius 1 is 1.09 bits per heavy atom. The van der Waals surface area contributed by atoms with Crippen molar-refractivity contribution < 1.29 is 22.4 Å². The van der Waals surface area contributed by atoms with Crippen LogP contribution < -0.4 is 15.1 Å². The Kier molecular flexibility index (Phi) is 6.85. The Bertz CT molecular complexity index is 1310. The lowest BCUT2D eigenvalue weighted by Gasteiger charge is -2.23. The molecule has 32 heavy (non-hydrogen) atoms. The average molecular weight is 458 g/mol. The van der Waals surface area contributed by atoms with Crippen molar-refractivity contribution in [1.82, 2.24) is 4.72 Å². The molecule has 0 saturated carbocycles. The molecule has 0 radical (unpaired) electrons. The summed E-state index contributed by atoms with van der Waals surface area (Å²) in [4.78, 5) is 24.9. The van der Waals surface area contributed by atoms with Gasteiger partial charge >= 0.3 is 11.6 Å². The van der Waals surface area contributed by atoms with Gasteiger partial charge in [-0.2, -0.15) is 4.72 Å². The lowest BCUT2D eigenvalue weighted by molar-refractivity contribution is -0.137. The van der Waals surface area contributed by atoms with E-state index in [0.717, 1.165) is 16.5 Å². The molecule has 1 heterocycles. The van der Waals surface area contributed by atoms with Gasteiger partial charge in [0.2, 0.25) is 10.0 Å². The second-order valence-corrected chi connectivity index (χ2v) is 9.75. The van der Waals surface area contributed by atoms with Crippen molar-refractivity contribution in [3.05, 3.63) is 69.6 Å². The molecule has 0 fully saturated rings. The number of hydrogen-bond acceptors (Lipinski definition) is 6. The molecule has 7 nitrogen and oxygen atoms in total. The monoisotopic (exact) mass is 457 g/mol. The number of sulfonamides is 1. The Labute approximate surface area is 187 Å². The number of hydrogen-bond donors (Lipinski definition) is 1. The van der Waals surface area contributed by atoms with Gasteiger partial charge in [0.05, 0.1) is 4.90 Å². The molecule has 2 aromatic carbocycles. The molecular formula is C24H27NO6S. The van der Waals surface area contributed by atoms with Gasteiger partial charge in [-0.1, -0.05) is 38.0 Å². The molecule has 1 aromatic heterocycles. The molecule has 8 heteroatoms. The summed E-state index contributed by atoms with van der Waals surface area (Å²) >= 11 is 0. The number of carbonyl (C=O) groups excluding carboxylic acids is 1. The number of fused-ring (bicyclic) bond motifs is 1. The smallest absolute Gasteiger partial charge is 0.336 e. The van der Waals surface area contributed by atoms with E-state index in [2.05, 4.69) is 4.72 Å². The lowest BCUT2D eigenvalue weighted by atomic mass is 10.0. The lowest BCUT2D eigenvalue weighted by Crippen LogP contribution is -2.47. The van der Waals surface area contributed by atoms with Crippen molar-refractivity contribution in [2.75, 3.05) is 0 Å². The zero-order chi connectivity index (χ0) is 23.6. The summed E-state index contributed by atoms with van der Waals surface area (Å²) in [5, 5.41) is 0.737. The zero-order valence-electron chi connectivity index (χ0n) is 18.8. The summed E-state index contributed by atoms with van der Waals surface area (Å²) in [6.45, 7) is 8.98. The Morgan fingerprint density at radius 3 is 2.38 bits per heavy atom. The normalized spacial score (nSPS) is 13.7. The number of ether oxygens (including phenoxy) is 1. The van der Waals surface area contributed by atoms with E-state index in [1.165, 1.54) is 18.2 Å². The first-order valence-electron chi connectivity index (χ1n) is 10.4. The van der Waals surface area contributed by atoms with E-state index in [1.807, 2.05) is 13.8 Å². The fourth-order valence-electron chi connectivity index (χ4n) is 3.37. The number of benzene rings is 2. The number of carbonyl (C=O) groups is 1. The highest BCUT2D eigenvalue weighted by atomic mass is 32.2. The third-order valence-corrected chi connectivity index (χ3v) is 7.07. The largest absolute Gasteiger partial charge is 0.425 e. The summed E-state index contributed by atoms with van der Waals surface area (Å²) in [5.74, 6) is -0.838. The molecule has 0 amide bonds. The maximum atomic E-state index is 13.1. The number of rotatable bonds is 7. The fourth-order valence-corrected chi connectivity index (χ4v) is 4.66. The minimum atomic E-state index is -3.94. The SMILES string of the molecule is CCC(C)C(NS(=O)(=O)c1ccc(C)cc1)C(=O)Oc1ccc2c(C)cc(=O)oc2c1C. The van der Waals surface area contributed by atoms with E-state index in [9.17, 15) is 18.0 Å². The third-order valence-electron chi connectivity index (χ3n) is 5.61. The molecule has 0 aliphatic carbocycles. The Morgan fingerprint density at radius 2 is 1.75 bits per heavy atom. The van der Waals surface area contributed by atoms with Crippen molar-refractivity contribution >= 4 is 27.0 Å². The van der Waals surface area contributed by atoms with Crippen molar-refractivity contribution in [3.63, 3.8) is 0 Å². The van der Waals surface area contributed by atoms with Gasteiger partial charge in [-0.3, -0.25) is 0 Å². The molecule has 0 spiro atoms. The van der Waals surface area contributed by atoms with Crippen LogP contribution in [0.3, 0.4) is 0 Å². The van der Waals surface area contributed by atoms with Crippen molar-refractivity contribution in [2.45, 2.75) is 52.0 Å². The van der Waals surface area contributed by atoms with Gasteiger partial charge < -0.3 is 9.15 Å². The van der Waals surface area contributed by atoms with Crippen LogP contribution in [0.15, 0.2) is 56.6 Å². The van der Waals surface area contributed by atoms with Crippen LogP contribution in [0, 0.1) is 26.7 Å². The van der Waals surface area contributed by atoms with E-state index in [1.54, 1.807) is 45.0 Å². The molecule has 0 saturated heterocycles. The molecule has 3 aromatic rings. The molecule has 0 aliphatic rings. The standard InChI is InChI=1S/C24H27NO6S/c1-6-15(3)22(25-32(28,29)18-9-7-14(2)8-10-18)24(27)30-20-12-11-19-16(4)13-21(26)31-23(19)17(20)5/h7-13,15,22,25H,6H2,1-5H3. The molecule has 2 unspecified atom stereocenters. The minimum absolute atomic E-state index is 0.0725. The molecular weight excluding hydrogens is 430 g/mol. The van der Waals surface area contributed by atoms with E-state index in [4.69, 9.17) is 9.15 Å². The molecule has 0 bridgehead atoms. The van der Waals surface area contributed by atoms with Crippen LogP contribution in [0.4, 0.5) is 0 Å². The number of nitrogens with one attached hydrogen (secondary N) is 1. The quantitative estimate of drug-likeness (QED) is 0.327. The molecule has 2 atom stereocenters. The summed E-state index contributed by atoms with van der Waals surface area (Å²) in [5.41, 5.74) is 2.00. The zero-order valence-corrected chi connectivity index (χ0v) is 19.6. The highest BCUT2D eigenvalue weighted by Gasteiger charge is 2.32. The van der Waals surface area contributed by atoms with Crippen LogP contribution in [-0.2, 0) is 14.8 Å². The predicted molar refractivity (Wildman–Crippen MR) is 122 cm³/mol. The van der Waals surface area contributed by atoms with E-state index in [0.29, 0.717) is 17.6 Å². The van der Waals surface area contributed by atoms with Gasteiger partial charge in [-0.15, -0.1) is 0 Å². The van der Waals surface area contributed by atoms with Crippen LogP contribution in [0.2, 0.25) is 0 Å². The van der Waals surface area contributed by atoms with Crippen molar-refractivity contribution in [1.29, 1.82) is 0 Å². The van der Waals surface area contributed by atoms with Crippen molar-refractivity contribution in [3.8, 4) is 5.75 Å². The molecule has 170 valence electrons. The highest BCUT2D eigenvalue weighted by Crippen LogP contribution is 2.29. The summed E-state index contributed by atoms with van der Waals surface area (Å²) in [7, 11) is -3.94. The fraction of sp³-hybridized carbons (Fsp3) is 0.333. The van der Waals surface area contributed by atoms with Crippen LogP contribution in [0.25, 0.3) is 11.0 Å². The molecule has 0 aliphatic heterocycles. The van der Waals surface area contributed by atoms with Gasteiger partial charge in [-0.25, -0.2) is 18.0 Å². The average Bonchev–Trinajstić information content (AvgIpc) is 2.74. The van der Waals surface area contributed by atoms with E-state index < -0.39 is 27.7 Å². The van der Waals surface area contributed by atoms with Gasteiger partial charge in [0.1, 0.15) is 17.4 Å². The van der Waals surface area contributed by atoms with Gasteiger partial charge in [-0.05, 0) is 56.5 Å². The summed E-state index contributed by atoms with van der Waals surface area (Å²) in [6, 6.07) is 10.0.